The van der Waals surface area contributed by atoms with E-state index in [0.717, 1.165) is 15.1 Å². The minimum atomic E-state index is -0.508. The molecule has 1 aliphatic rings. The lowest BCUT2D eigenvalue weighted by atomic mass is 10.3. The third-order valence-corrected chi connectivity index (χ3v) is 4.91. The van der Waals surface area contributed by atoms with Gasteiger partial charge in [-0.15, -0.1) is 0 Å². The molecule has 8 heteroatoms. The highest BCUT2D eigenvalue weighted by molar-refractivity contribution is 7.16. The van der Waals surface area contributed by atoms with Crippen LogP contribution in [0.15, 0.2) is 23.2 Å². The monoisotopic (exact) mass is 347 g/mol. The maximum absolute atomic E-state index is 12.2. The Bertz CT molecular complexity index is 880. The number of rotatable bonds is 4. The molecule has 3 amide bonds. The molecule has 1 aliphatic heterocycles. The molecule has 7 nitrogen and oxygen atoms in total. The zero-order valence-electron chi connectivity index (χ0n) is 13.4. The quantitative estimate of drug-likeness (QED) is 0.781. The number of amides is 3. The summed E-state index contributed by atoms with van der Waals surface area (Å²) in [5, 5.41) is 0. The lowest BCUT2D eigenvalue weighted by molar-refractivity contribution is -0.141. The number of carbonyl (C=O) groups excluding carboxylic acids is 3. The molecule has 2 aromatic rings. The summed E-state index contributed by atoms with van der Waals surface area (Å²) in [6.45, 7) is 2.27. The summed E-state index contributed by atoms with van der Waals surface area (Å²) in [4.78, 5) is 41.1. The second-order valence-corrected chi connectivity index (χ2v) is 6.32. The Labute approximate surface area is 142 Å². The Morgan fingerprint density at radius 1 is 1.29 bits per heavy atom. The molecule has 0 spiro atoms. The van der Waals surface area contributed by atoms with Gasteiger partial charge >= 0.3 is 0 Å². The van der Waals surface area contributed by atoms with Crippen molar-refractivity contribution >= 4 is 39.3 Å². The second kappa shape index (κ2) is 6.56. The number of aromatic nitrogens is 1. The van der Waals surface area contributed by atoms with Crippen molar-refractivity contribution < 1.29 is 19.1 Å². The molecular weight excluding hydrogens is 330 g/mol. The van der Waals surface area contributed by atoms with E-state index in [4.69, 9.17) is 4.74 Å². The third kappa shape index (κ3) is 2.84. The Hall–Kier alpha value is -2.48. The molecule has 0 saturated carbocycles. The van der Waals surface area contributed by atoms with Crippen LogP contribution in [-0.4, -0.2) is 40.8 Å². The molecule has 0 atom stereocenters. The second-order valence-electron chi connectivity index (χ2n) is 5.32. The number of aryl methyl sites for hydroxylation is 1. The minimum Gasteiger partial charge on any atom is -0.495 e. The number of nitrogens with zero attached hydrogens (tertiary/aromatic N) is 3. The fraction of sp³-hybridized carbons (Fsp3) is 0.375. The molecule has 24 heavy (non-hydrogen) atoms. The highest BCUT2D eigenvalue weighted by Crippen LogP contribution is 2.27. The van der Waals surface area contributed by atoms with Crippen molar-refractivity contribution in [2.45, 2.75) is 26.3 Å². The maximum atomic E-state index is 12.2. The molecule has 0 N–H and O–H groups in total. The molecule has 0 aliphatic carbocycles. The van der Waals surface area contributed by atoms with E-state index in [9.17, 15) is 14.4 Å². The van der Waals surface area contributed by atoms with Crippen molar-refractivity contribution in [1.82, 2.24) is 9.47 Å². The van der Waals surface area contributed by atoms with Crippen LogP contribution in [0.3, 0.4) is 0 Å². The molecule has 1 fully saturated rings. The number of hydrogen-bond donors (Lipinski definition) is 0. The summed E-state index contributed by atoms with van der Waals surface area (Å²) in [6, 6.07) is 5.67. The van der Waals surface area contributed by atoms with Crippen molar-refractivity contribution in [1.29, 1.82) is 0 Å². The van der Waals surface area contributed by atoms with Gasteiger partial charge in [-0.1, -0.05) is 17.4 Å². The number of ether oxygens (including phenoxy) is 1. The summed E-state index contributed by atoms with van der Waals surface area (Å²) >= 11 is 1.37. The van der Waals surface area contributed by atoms with Crippen molar-refractivity contribution in [3.63, 3.8) is 0 Å². The topological polar surface area (TPSA) is 81.0 Å². The zero-order valence-corrected chi connectivity index (χ0v) is 14.3. The number of imide groups is 1. The van der Waals surface area contributed by atoms with E-state index >= 15 is 0 Å². The number of thiazole rings is 1. The molecule has 1 saturated heterocycles. The van der Waals surface area contributed by atoms with Crippen molar-refractivity contribution in [2.24, 2.45) is 4.99 Å². The highest BCUT2D eigenvalue weighted by atomic mass is 32.1. The molecule has 1 aromatic heterocycles. The van der Waals surface area contributed by atoms with Gasteiger partial charge in [0.2, 0.25) is 11.8 Å². The first kappa shape index (κ1) is 16.4. The lowest BCUT2D eigenvalue weighted by Gasteiger charge is -2.10. The summed E-state index contributed by atoms with van der Waals surface area (Å²) in [7, 11) is 1.60. The first-order valence-electron chi connectivity index (χ1n) is 7.62. The largest absolute Gasteiger partial charge is 0.495 e. The average Bonchev–Trinajstić information content (AvgIpc) is 3.08. The maximum Gasteiger partial charge on any atom is 0.268 e. The summed E-state index contributed by atoms with van der Waals surface area (Å²) in [5.74, 6) is -0.425. The van der Waals surface area contributed by atoms with Gasteiger partial charge in [0.15, 0.2) is 4.80 Å². The standard InChI is InChI=1S/C16H17N3O4S/c1-3-18-15-10(23-2)5-4-6-11(15)24-16(18)17-12(20)9-19-13(21)7-8-14(19)22/h4-6H,3,7-9H2,1-2H3. The van der Waals surface area contributed by atoms with Crippen LogP contribution in [-0.2, 0) is 20.9 Å². The predicted octanol–water partition coefficient (Wildman–Crippen LogP) is 1.31. The molecule has 1 aromatic carbocycles. The van der Waals surface area contributed by atoms with Gasteiger partial charge in [-0.25, -0.2) is 0 Å². The van der Waals surface area contributed by atoms with E-state index in [1.807, 2.05) is 29.7 Å². The predicted molar refractivity (Wildman–Crippen MR) is 88.6 cm³/mol. The van der Waals surface area contributed by atoms with Crippen LogP contribution in [0.5, 0.6) is 5.75 Å². The molecular formula is C16H17N3O4S. The Morgan fingerprint density at radius 3 is 2.62 bits per heavy atom. The smallest absolute Gasteiger partial charge is 0.268 e. The van der Waals surface area contributed by atoms with Gasteiger partial charge in [0.1, 0.15) is 17.8 Å². The summed E-state index contributed by atoms with van der Waals surface area (Å²) in [5.41, 5.74) is 0.882. The Morgan fingerprint density at radius 2 is 2.00 bits per heavy atom. The van der Waals surface area contributed by atoms with Gasteiger partial charge in [0.05, 0.1) is 11.8 Å². The fourth-order valence-electron chi connectivity index (χ4n) is 2.72. The normalized spacial score (nSPS) is 15.6. The van der Waals surface area contributed by atoms with Gasteiger partial charge < -0.3 is 9.30 Å². The van der Waals surface area contributed by atoms with Gasteiger partial charge in [-0.05, 0) is 19.1 Å². The first-order chi connectivity index (χ1) is 11.5. The molecule has 126 valence electrons. The average molecular weight is 347 g/mol. The van der Waals surface area contributed by atoms with Gasteiger partial charge in [0.25, 0.3) is 5.91 Å². The molecule has 0 radical (unpaired) electrons. The van der Waals surface area contributed by atoms with Crippen LogP contribution < -0.4 is 9.54 Å². The van der Waals surface area contributed by atoms with E-state index in [-0.39, 0.29) is 31.2 Å². The van der Waals surface area contributed by atoms with Crippen LogP contribution in [0.2, 0.25) is 0 Å². The van der Waals surface area contributed by atoms with Crippen LogP contribution in [0.1, 0.15) is 19.8 Å². The Balaban J connectivity index is 1.99. The lowest BCUT2D eigenvalue weighted by Crippen LogP contribution is -2.34. The van der Waals surface area contributed by atoms with Crippen LogP contribution in [0.4, 0.5) is 0 Å². The molecule has 0 unspecified atom stereocenters. The van der Waals surface area contributed by atoms with Crippen molar-refractivity contribution in [2.75, 3.05) is 13.7 Å². The number of para-hydroxylation sites is 1. The molecule has 0 bridgehead atoms. The van der Waals surface area contributed by atoms with E-state index in [1.165, 1.54) is 11.3 Å². The van der Waals surface area contributed by atoms with Gasteiger partial charge in [-0.3, -0.25) is 19.3 Å². The van der Waals surface area contributed by atoms with Crippen LogP contribution in [0, 0.1) is 0 Å². The first-order valence-corrected chi connectivity index (χ1v) is 8.44. The number of methoxy groups -OCH3 is 1. The SMILES string of the molecule is CCn1c(=NC(=O)CN2C(=O)CCC2=O)sc2cccc(OC)c21. The van der Waals surface area contributed by atoms with E-state index in [0.29, 0.717) is 17.1 Å². The fourth-order valence-corrected chi connectivity index (χ4v) is 3.85. The number of benzene rings is 1. The van der Waals surface area contributed by atoms with Crippen LogP contribution >= 0.6 is 11.3 Å². The number of carbonyl (C=O) groups is 3. The summed E-state index contributed by atoms with van der Waals surface area (Å²) in [6.07, 6.45) is 0.336. The van der Waals surface area contributed by atoms with Gasteiger partial charge in [0, 0.05) is 19.4 Å². The van der Waals surface area contributed by atoms with Gasteiger partial charge in [-0.2, -0.15) is 4.99 Å². The number of fused-ring (bicyclic) bond motifs is 1. The number of likely N-dealkylation sites (tertiary alicyclic amines) is 1. The zero-order chi connectivity index (χ0) is 17.3. The highest BCUT2D eigenvalue weighted by Gasteiger charge is 2.30. The third-order valence-electron chi connectivity index (χ3n) is 3.87. The van der Waals surface area contributed by atoms with Crippen molar-refractivity contribution in [3.05, 3.63) is 23.0 Å². The van der Waals surface area contributed by atoms with E-state index in [1.54, 1.807) is 7.11 Å². The van der Waals surface area contributed by atoms with E-state index < -0.39 is 5.91 Å². The Kier molecular flexibility index (Phi) is 4.48. The molecule has 3 rings (SSSR count). The number of hydrogen-bond acceptors (Lipinski definition) is 5. The minimum absolute atomic E-state index is 0.168. The van der Waals surface area contributed by atoms with E-state index in [2.05, 4.69) is 4.99 Å². The summed E-state index contributed by atoms with van der Waals surface area (Å²) < 4.78 is 8.23. The van der Waals surface area contributed by atoms with Crippen LogP contribution in [0.25, 0.3) is 10.2 Å². The molecule has 2 heterocycles. The van der Waals surface area contributed by atoms with Crippen molar-refractivity contribution in [3.8, 4) is 5.75 Å².